The molecule has 6 nitrogen and oxygen atoms in total. The van der Waals surface area contributed by atoms with E-state index in [2.05, 4.69) is 9.97 Å². The second-order valence-corrected chi connectivity index (χ2v) is 6.73. The van der Waals surface area contributed by atoms with E-state index >= 15 is 0 Å². The molecule has 0 saturated carbocycles. The third-order valence-corrected chi connectivity index (χ3v) is 4.96. The Morgan fingerprint density at radius 3 is 2.76 bits per heavy atom. The lowest BCUT2D eigenvalue weighted by molar-refractivity contribution is 0.418. The summed E-state index contributed by atoms with van der Waals surface area (Å²) in [6, 6.07) is 0. The van der Waals surface area contributed by atoms with Gasteiger partial charge in [-0.1, -0.05) is 0 Å². The molecule has 1 aliphatic heterocycles. The quantitative estimate of drug-likeness (QED) is 0.848. The fraction of sp³-hybridized carbons (Fsp3) is 0.700. The van der Waals surface area contributed by atoms with Crippen LogP contribution in [0.2, 0.25) is 0 Å². The van der Waals surface area contributed by atoms with E-state index in [0.717, 1.165) is 17.9 Å². The molecule has 1 N–H and O–H groups in total. The molecule has 17 heavy (non-hydrogen) atoms. The van der Waals surface area contributed by atoms with Gasteiger partial charge in [0.05, 0.1) is 0 Å². The summed E-state index contributed by atoms with van der Waals surface area (Å²) in [6.45, 7) is 3.01. The van der Waals surface area contributed by atoms with E-state index in [9.17, 15) is 8.42 Å². The number of hydrogen-bond donors (Lipinski definition) is 1. The average molecular weight is 258 g/mol. The zero-order chi connectivity index (χ0) is 12.6. The van der Waals surface area contributed by atoms with E-state index in [1.165, 1.54) is 8.61 Å². The molecule has 0 radical (unpaired) electrons. The lowest BCUT2D eigenvalue weighted by Gasteiger charge is -2.20. The third-order valence-electron chi connectivity index (χ3n) is 3.05. The van der Waals surface area contributed by atoms with Gasteiger partial charge in [-0.3, -0.25) is 0 Å². The van der Waals surface area contributed by atoms with E-state index in [1.54, 1.807) is 20.3 Å². The molecule has 1 aromatic rings. The molecular formula is C10H18N4O2S. The number of nitrogens with zero attached hydrogens (tertiary/aromatic N) is 3. The first-order valence-electron chi connectivity index (χ1n) is 5.60. The Balaban J connectivity index is 2.11. The van der Waals surface area contributed by atoms with E-state index in [1.807, 2.05) is 6.92 Å². The minimum Gasteiger partial charge on any atom is -0.346 e. The van der Waals surface area contributed by atoms with Crippen LogP contribution in [0, 0.1) is 6.92 Å². The molecule has 2 rings (SSSR count). The maximum absolute atomic E-state index is 11.9. The Kier molecular flexibility index (Phi) is 3.24. The number of H-pyrrole nitrogens is 1. The summed E-state index contributed by atoms with van der Waals surface area (Å²) in [6.07, 6.45) is 2.60. The normalized spacial score (nSPS) is 22.5. The van der Waals surface area contributed by atoms with Crippen molar-refractivity contribution in [2.75, 3.05) is 27.2 Å². The van der Waals surface area contributed by atoms with Gasteiger partial charge in [-0.15, -0.1) is 0 Å². The lowest BCUT2D eigenvalue weighted by Crippen LogP contribution is -2.38. The molecule has 0 spiro atoms. The molecule has 1 aromatic heterocycles. The summed E-state index contributed by atoms with van der Waals surface area (Å²) < 4.78 is 26.6. The number of rotatable bonds is 3. The zero-order valence-electron chi connectivity index (χ0n) is 10.3. The summed E-state index contributed by atoms with van der Waals surface area (Å²) in [4.78, 5) is 7.44. The Labute approximate surface area is 102 Å². The lowest BCUT2D eigenvalue weighted by atomic mass is 10.1. The molecule has 0 aromatic carbocycles. The Bertz CT molecular complexity index is 494. The highest BCUT2D eigenvalue weighted by Crippen LogP contribution is 2.27. The summed E-state index contributed by atoms with van der Waals surface area (Å²) in [7, 11) is -0.175. The molecule has 0 aliphatic carbocycles. The Morgan fingerprint density at radius 2 is 2.24 bits per heavy atom. The smallest absolute Gasteiger partial charge is 0.281 e. The van der Waals surface area contributed by atoms with Crippen molar-refractivity contribution < 1.29 is 8.42 Å². The standard InChI is InChI=1S/C10H18N4O2S/c1-8-6-11-10(12-8)9-4-5-14(7-9)17(15,16)13(2)3/h6,9H,4-5,7H2,1-3H3,(H,11,12)/t9-/m1/s1. The van der Waals surface area contributed by atoms with Gasteiger partial charge in [-0.25, -0.2) is 4.98 Å². The average Bonchev–Trinajstić information content (AvgIpc) is 2.85. The molecule has 96 valence electrons. The van der Waals surface area contributed by atoms with Gasteiger partial charge in [0.25, 0.3) is 10.2 Å². The molecule has 1 fully saturated rings. The van der Waals surface area contributed by atoms with Gasteiger partial charge >= 0.3 is 0 Å². The van der Waals surface area contributed by atoms with Crippen molar-refractivity contribution in [3.05, 3.63) is 17.7 Å². The molecule has 2 heterocycles. The Morgan fingerprint density at radius 1 is 1.53 bits per heavy atom. The van der Waals surface area contributed by atoms with E-state index in [-0.39, 0.29) is 5.92 Å². The van der Waals surface area contributed by atoms with Gasteiger partial charge in [-0.05, 0) is 13.3 Å². The van der Waals surface area contributed by atoms with Gasteiger partial charge in [-0.2, -0.15) is 17.0 Å². The molecule has 0 unspecified atom stereocenters. The van der Waals surface area contributed by atoms with Crippen LogP contribution in [-0.4, -0.2) is 54.2 Å². The molecule has 0 amide bonds. The van der Waals surface area contributed by atoms with Crippen LogP contribution in [0.15, 0.2) is 6.20 Å². The summed E-state index contributed by atoms with van der Waals surface area (Å²) in [5.74, 6) is 1.07. The van der Waals surface area contributed by atoms with E-state index < -0.39 is 10.2 Å². The molecule has 1 atom stereocenters. The fourth-order valence-electron chi connectivity index (χ4n) is 2.03. The number of imidazole rings is 1. The van der Waals surface area contributed by atoms with Crippen LogP contribution in [0.3, 0.4) is 0 Å². The van der Waals surface area contributed by atoms with Gasteiger partial charge in [0.1, 0.15) is 5.82 Å². The van der Waals surface area contributed by atoms with Crippen LogP contribution in [-0.2, 0) is 10.2 Å². The van der Waals surface area contributed by atoms with Gasteiger partial charge in [0.2, 0.25) is 0 Å². The van der Waals surface area contributed by atoms with Crippen molar-refractivity contribution in [1.29, 1.82) is 0 Å². The fourth-order valence-corrected chi connectivity index (χ4v) is 3.20. The van der Waals surface area contributed by atoms with Gasteiger partial charge < -0.3 is 4.98 Å². The largest absolute Gasteiger partial charge is 0.346 e. The number of aromatic nitrogens is 2. The van der Waals surface area contributed by atoms with Crippen molar-refractivity contribution in [1.82, 2.24) is 18.6 Å². The van der Waals surface area contributed by atoms with Crippen LogP contribution in [0.25, 0.3) is 0 Å². The molecular weight excluding hydrogens is 240 g/mol. The molecule has 0 bridgehead atoms. The maximum Gasteiger partial charge on any atom is 0.281 e. The molecule has 1 aliphatic rings. The number of aromatic amines is 1. The van der Waals surface area contributed by atoms with Crippen molar-refractivity contribution in [2.45, 2.75) is 19.3 Å². The summed E-state index contributed by atoms with van der Waals surface area (Å²) >= 11 is 0. The zero-order valence-corrected chi connectivity index (χ0v) is 11.2. The van der Waals surface area contributed by atoms with Crippen LogP contribution < -0.4 is 0 Å². The van der Waals surface area contributed by atoms with Gasteiger partial charge in [0.15, 0.2) is 0 Å². The van der Waals surface area contributed by atoms with Crippen LogP contribution in [0.5, 0.6) is 0 Å². The van der Waals surface area contributed by atoms with Crippen molar-refractivity contribution in [3.8, 4) is 0 Å². The predicted octanol–water partition coefficient (Wildman–Crippen LogP) is 0.314. The maximum atomic E-state index is 11.9. The van der Waals surface area contributed by atoms with Crippen LogP contribution in [0.1, 0.15) is 23.9 Å². The second-order valence-electron chi connectivity index (χ2n) is 4.59. The van der Waals surface area contributed by atoms with Gasteiger partial charge in [0, 0.05) is 45.0 Å². The second kappa shape index (κ2) is 4.40. The van der Waals surface area contributed by atoms with E-state index in [0.29, 0.717) is 13.1 Å². The molecule has 1 saturated heterocycles. The number of aryl methyl sites for hydroxylation is 1. The molecule has 7 heteroatoms. The van der Waals surface area contributed by atoms with Crippen molar-refractivity contribution in [3.63, 3.8) is 0 Å². The number of hydrogen-bond acceptors (Lipinski definition) is 3. The summed E-state index contributed by atoms with van der Waals surface area (Å²) in [5, 5.41) is 0. The summed E-state index contributed by atoms with van der Waals surface area (Å²) in [5.41, 5.74) is 1.01. The highest BCUT2D eigenvalue weighted by atomic mass is 32.2. The van der Waals surface area contributed by atoms with Crippen LogP contribution >= 0.6 is 0 Å². The monoisotopic (exact) mass is 258 g/mol. The SMILES string of the molecule is Cc1cnc([C@@H]2CCN(S(=O)(=O)N(C)C)C2)[nH]1. The van der Waals surface area contributed by atoms with Crippen LogP contribution in [0.4, 0.5) is 0 Å². The topological polar surface area (TPSA) is 69.3 Å². The highest BCUT2D eigenvalue weighted by Gasteiger charge is 2.34. The van der Waals surface area contributed by atoms with E-state index in [4.69, 9.17) is 0 Å². The number of nitrogens with one attached hydrogen (secondary N) is 1. The van der Waals surface area contributed by atoms with Crippen molar-refractivity contribution in [2.24, 2.45) is 0 Å². The minimum atomic E-state index is -3.29. The Hall–Kier alpha value is -0.920. The van der Waals surface area contributed by atoms with Crippen molar-refractivity contribution >= 4 is 10.2 Å². The first-order chi connectivity index (χ1) is 7.91. The first-order valence-corrected chi connectivity index (χ1v) is 7.00. The minimum absolute atomic E-state index is 0.179. The third kappa shape index (κ3) is 2.36. The first kappa shape index (κ1) is 12.5. The predicted molar refractivity (Wildman–Crippen MR) is 64.9 cm³/mol. The highest BCUT2D eigenvalue weighted by molar-refractivity contribution is 7.86.